The van der Waals surface area contributed by atoms with Gasteiger partial charge in [0.15, 0.2) is 0 Å². The number of nitrogens with one attached hydrogen (secondary N) is 2. The Kier molecular flexibility index (Phi) is 12.7. The van der Waals surface area contributed by atoms with Crippen molar-refractivity contribution in [3.05, 3.63) is 71.3 Å². The molecule has 236 valence electrons. The third kappa shape index (κ3) is 11.2. The van der Waals surface area contributed by atoms with Crippen LogP contribution in [0.25, 0.3) is 0 Å². The van der Waals surface area contributed by atoms with Crippen LogP contribution in [0.3, 0.4) is 0 Å². The number of nitrogens with zero attached hydrogens (tertiary/aromatic N) is 1. The van der Waals surface area contributed by atoms with E-state index in [2.05, 4.69) is 23.3 Å². The molecule has 0 saturated carbocycles. The van der Waals surface area contributed by atoms with Gasteiger partial charge in [-0.15, -0.1) is 0 Å². The molecule has 0 bridgehead atoms. The fraction of sp³-hybridized carbons (Fsp3) is 0.515. The highest BCUT2D eigenvalue weighted by Crippen LogP contribution is 2.28. The first-order valence-electron chi connectivity index (χ1n) is 14.5. The summed E-state index contributed by atoms with van der Waals surface area (Å²) in [6.45, 7) is 15.9. The number of hydrogen-bond acceptors (Lipinski definition) is 7. The van der Waals surface area contributed by atoms with Crippen LogP contribution in [0.4, 0.5) is 4.79 Å². The molecule has 0 aliphatic heterocycles. The summed E-state index contributed by atoms with van der Waals surface area (Å²) < 4.78 is 11.0. The molecule has 0 saturated heterocycles. The maximum Gasteiger partial charge on any atom is 0.408 e. The van der Waals surface area contributed by atoms with Crippen molar-refractivity contribution in [2.75, 3.05) is 5.75 Å². The van der Waals surface area contributed by atoms with Crippen LogP contribution in [0.5, 0.6) is 0 Å². The predicted octanol–water partition coefficient (Wildman–Crippen LogP) is 5.17. The van der Waals surface area contributed by atoms with Gasteiger partial charge >= 0.3 is 12.1 Å². The van der Waals surface area contributed by atoms with Gasteiger partial charge in [0.05, 0.1) is 0 Å². The quantitative estimate of drug-likeness (QED) is 0.238. The predicted molar refractivity (Wildman–Crippen MR) is 171 cm³/mol. The monoisotopic (exact) mass is 613 g/mol. The molecule has 3 atom stereocenters. The lowest BCUT2D eigenvalue weighted by molar-refractivity contribution is -0.159. The van der Waals surface area contributed by atoms with Gasteiger partial charge in [0.1, 0.15) is 29.3 Å². The van der Waals surface area contributed by atoms with Gasteiger partial charge < -0.3 is 25.0 Å². The van der Waals surface area contributed by atoms with E-state index < -0.39 is 59.2 Å². The number of esters is 1. The average molecular weight is 614 g/mol. The second-order valence-corrected chi connectivity index (χ2v) is 13.1. The Balaban J connectivity index is 2.55. The zero-order chi connectivity index (χ0) is 32.5. The highest BCUT2D eigenvalue weighted by Gasteiger charge is 2.39. The van der Waals surface area contributed by atoms with E-state index in [-0.39, 0.29) is 12.2 Å². The van der Waals surface area contributed by atoms with E-state index in [0.717, 1.165) is 11.1 Å². The summed E-state index contributed by atoms with van der Waals surface area (Å²) in [4.78, 5) is 55.8. The first kappa shape index (κ1) is 35.7. The molecular formula is C33H47N3O6S. The number of aryl methyl sites for hydroxylation is 1. The lowest BCUT2D eigenvalue weighted by atomic mass is 9.96. The van der Waals surface area contributed by atoms with Crippen LogP contribution in [0.1, 0.15) is 78.1 Å². The van der Waals surface area contributed by atoms with E-state index in [0.29, 0.717) is 5.56 Å². The summed E-state index contributed by atoms with van der Waals surface area (Å²) in [5, 5.41) is 5.50. The maximum absolute atomic E-state index is 14.3. The molecule has 3 amide bonds. The molecule has 2 N–H and O–H groups in total. The van der Waals surface area contributed by atoms with Crippen molar-refractivity contribution in [3.63, 3.8) is 0 Å². The number of carbonyl (C=O) groups excluding carboxylic acids is 4. The van der Waals surface area contributed by atoms with Crippen LogP contribution >= 0.6 is 12.6 Å². The largest absolute Gasteiger partial charge is 0.458 e. The highest BCUT2D eigenvalue weighted by molar-refractivity contribution is 7.80. The second-order valence-electron chi connectivity index (χ2n) is 12.8. The summed E-state index contributed by atoms with van der Waals surface area (Å²) in [6.07, 6.45) is -0.579. The molecule has 0 aliphatic rings. The molecule has 2 rings (SSSR count). The molecule has 0 radical (unpaired) electrons. The molecule has 2 aromatic rings. The Morgan fingerprint density at radius 1 is 0.814 bits per heavy atom. The summed E-state index contributed by atoms with van der Waals surface area (Å²) >= 11 is 4.33. The molecule has 3 unspecified atom stereocenters. The number of ether oxygens (including phenoxy) is 2. The summed E-state index contributed by atoms with van der Waals surface area (Å²) in [5.74, 6) is -1.69. The van der Waals surface area contributed by atoms with Crippen molar-refractivity contribution in [2.24, 2.45) is 0 Å². The van der Waals surface area contributed by atoms with Crippen LogP contribution in [0.15, 0.2) is 54.6 Å². The number of carbonyl (C=O) groups is 4. The molecule has 0 spiro atoms. The Morgan fingerprint density at radius 3 is 1.88 bits per heavy atom. The summed E-state index contributed by atoms with van der Waals surface area (Å²) in [5.41, 5.74) is 0.643. The van der Waals surface area contributed by atoms with Crippen molar-refractivity contribution >= 4 is 36.5 Å². The standard InChI is InChI=1S/C33H47N3O6S/c1-21(2)36(29(38)26(20-43)35-31(40)42-33(7,8)9)27(24-18-14-13-15-22(24)3)28(37)34-25(30(39)41-32(4,5)6)19-23-16-11-10-12-17-23/h10-18,21,25-27,43H,19-20H2,1-9H3,(H,34,37)(H,35,40). The topological polar surface area (TPSA) is 114 Å². The lowest BCUT2D eigenvalue weighted by Crippen LogP contribution is -2.57. The van der Waals surface area contributed by atoms with Gasteiger partial charge in [-0.1, -0.05) is 54.6 Å². The van der Waals surface area contributed by atoms with Gasteiger partial charge in [-0.2, -0.15) is 12.6 Å². The summed E-state index contributed by atoms with van der Waals surface area (Å²) in [6, 6.07) is 12.9. The van der Waals surface area contributed by atoms with E-state index >= 15 is 0 Å². The fourth-order valence-corrected chi connectivity index (χ4v) is 4.72. The molecule has 0 aliphatic carbocycles. The zero-order valence-electron chi connectivity index (χ0n) is 26.8. The van der Waals surface area contributed by atoms with Crippen LogP contribution in [-0.2, 0) is 30.3 Å². The average Bonchev–Trinajstić information content (AvgIpc) is 2.88. The van der Waals surface area contributed by atoms with Crippen LogP contribution in [-0.4, -0.2) is 63.9 Å². The minimum Gasteiger partial charge on any atom is -0.458 e. The van der Waals surface area contributed by atoms with Gasteiger partial charge in [0, 0.05) is 18.2 Å². The third-order valence-electron chi connectivity index (χ3n) is 6.28. The van der Waals surface area contributed by atoms with Gasteiger partial charge in [0.25, 0.3) is 0 Å². The number of thiol groups is 1. The van der Waals surface area contributed by atoms with E-state index in [1.54, 1.807) is 67.5 Å². The normalized spacial score (nSPS) is 13.8. The second kappa shape index (κ2) is 15.3. The smallest absolute Gasteiger partial charge is 0.408 e. The molecule has 10 heteroatoms. The Labute approximate surface area is 261 Å². The van der Waals surface area contributed by atoms with Crippen molar-refractivity contribution in [2.45, 2.75) is 104 Å². The van der Waals surface area contributed by atoms with E-state index in [1.807, 2.05) is 49.4 Å². The maximum atomic E-state index is 14.3. The number of benzene rings is 2. The molecule has 0 aromatic heterocycles. The number of amides is 3. The first-order valence-corrected chi connectivity index (χ1v) is 15.1. The SMILES string of the molecule is Cc1ccccc1C(C(=O)NC(Cc1ccccc1)C(=O)OC(C)(C)C)N(C(=O)C(CS)NC(=O)OC(C)(C)C)C(C)C. The summed E-state index contributed by atoms with van der Waals surface area (Å²) in [7, 11) is 0. The van der Waals surface area contributed by atoms with E-state index in [1.165, 1.54) is 4.90 Å². The number of alkyl carbamates (subject to hydrolysis) is 1. The molecule has 2 aromatic carbocycles. The number of hydrogen-bond donors (Lipinski definition) is 3. The first-order chi connectivity index (χ1) is 19.9. The minimum absolute atomic E-state index is 0.0298. The fourth-order valence-electron chi connectivity index (χ4n) is 4.47. The van der Waals surface area contributed by atoms with Gasteiger partial charge in [-0.25, -0.2) is 9.59 Å². The Bertz CT molecular complexity index is 1250. The van der Waals surface area contributed by atoms with E-state index in [9.17, 15) is 19.2 Å². The van der Waals surface area contributed by atoms with Gasteiger partial charge in [-0.05, 0) is 79.0 Å². The van der Waals surface area contributed by atoms with Crippen molar-refractivity contribution in [3.8, 4) is 0 Å². The van der Waals surface area contributed by atoms with Crippen LogP contribution in [0.2, 0.25) is 0 Å². The lowest BCUT2D eigenvalue weighted by Gasteiger charge is -2.38. The van der Waals surface area contributed by atoms with Crippen LogP contribution in [0, 0.1) is 6.92 Å². The minimum atomic E-state index is -1.13. The van der Waals surface area contributed by atoms with E-state index in [4.69, 9.17) is 9.47 Å². The molecule has 9 nitrogen and oxygen atoms in total. The highest BCUT2D eigenvalue weighted by atomic mass is 32.1. The molecular weight excluding hydrogens is 566 g/mol. The van der Waals surface area contributed by atoms with Crippen molar-refractivity contribution in [1.82, 2.24) is 15.5 Å². The van der Waals surface area contributed by atoms with Crippen LogP contribution < -0.4 is 10.6 Å². The molecule has 0 fully saturated rings. The Hall–Kier alpha value is -3.53. The number of rotatable bonds is 11. The zero-order valence-corrected chi connectivity index (χ0v) is 27.7. The van der Waals surface area contributed by atoms with Gasteiger partial charge in [0.2, 0.25) is 11.8 Å². The Morgan fingerprint density at radius 2 is 1.37 bits per heavy atom. The van der Waals surface area contributed by atoms with Crippen molar-refractivity contribution in [1.29, 1.82) is 0 Å². The van der Waals surface area contributed by atoms with Gasteiger partial charge in [-0.3, -0.25) is 9.59 Å². The third-order valence-corrected chi connectivity index (χ3v) is 6.65. The molecule has 0 heterocycles. The van der Waals surface area contributed by atoms with Crippen molar-refractivity contribution < 1.29 is 28.7 Å². The molecule has 43 heavy (non-hydrogen) atoms.